The lowest BCUT2D eigenvalue weighted by Gasteiger charge is -2.17. The van der Waals surface area contributed by atoms with Gasteiger partial charge in [0.2, 0.25) is 5.91 Å². The van der Waals surface area contributed by atoms with Crippen LogP contribution >= 0.6 is 0 Å². The number of rotatable bonds is 7. The summed E-state index contributed by atoms with van der Waals surface area (Å²) in [5.74, 6) is -1.25. The molecule has 7 nitrogen and oxygen atoms in total. The Morgan fingerprint density at radius 1 is 0.886 bits per heavy atom. The van der Waals surface area contributed by atoms with E-state index in [4.69, 9.17) is 9.84 Å². The number of hydrogen-bond acceptors (Lipinski definition) is 4. The minimum atomic E-state index is -0.865. The van der Waals surface area contributed by atoms with E-state index < -0.39 is 18.0 Å². The molecular weight excluding hydrogens is 444 g/mol. The van der Waals surface area contributed by atoms with Crippen LogP contribution in [0.25, 0.3) is 11.1 Å². The van der Waals surface area contributed by atoms with Gasteiger partial charge in [0, 0.05) is 24.4 Å². The maximum atomic E-state index is 12.6. The molecule has 0 bridgehead atoms. The van der Waals surface area contributed by atoms with Crippen molar-refractivity contribution in [2.75, 3.05) is 6.61 Å². The van der Waals surface area contributed by atoms with Gasteiger partial charge >= 0.3 is 12.1 Å². The zero-order chi connectivity index (χ0) is 24.4. The number of carbonyl (C=O) groups is 3. The summed E-state index contributed by atoms with van der Waals surface area (Å²) in [6.45, 7) is 0.282. The predicted octanol–water partition coefficient (Wildman–Crippen LogP) is 4.23. The van der Waals surface area contributed by atoms with Crippen LogP contribution in [0.2, 0.25) is 0 Å². The molecular formula is C28H30N2O5. The monoisotopic (exact) mass is 474 g/mol. The van der Waals surface area contributed by atoms with Crippen LogP contribution in [0.5, 0.6) is 0 Å². The lowest BCUT2D eigenvalue weighted by Crippen LogP contribution is -2.35. The Balaban J connectivity index is 1.07. The van der Waals surface area contributed by atoms with Gasteiger partial charge < -0.3 is 20.5 Å². The molecule has 5 rings (SSSR count). The van der Waals surface area contributed by atoms with Gasteiger partial charge in [-0.15, -0.1) is 0 Å². The van der Waals surface area contributed by atoms with E-state index in [1.165, 1.54) is 22.3 Å². The van der Waals surface area contributed by atoms with Crippen LogP contribution in [0, 0.1) is 11.8 Å². The Labute approximate surface area is 204 Å². The molecule has 0 spiro atoms. The number of hydrogen-bond donors (Lipinski definition) is 3. The first-order valence-electron chi connectivity index (χ1n) is 12.3. The number of fused-ring (bicyclic) bond motifs is 3. The molecule has 3 aliphatic carbocycles. The number of ether oxygens (including phenoxy) is 1. The number of nitrogens with one attached hydrogen (secondary N) is 2. The third-order valence-electron chi connectivity index (χ3n) is 7.43. The molecule has 2 aromatic carbocycles. The molecule has 0 aliphatic heterocycles. The number of carboxylic acid groups (broad SMARTS) is 1. The number of amides is 2. The molecule has 2 aromatic rings. The summed E-state index contributed by atoms with van der Waals surface area (Å²) >= 11 is 0. The van der Waals surface area contributed by atoms with E-state index >= 15 is 0 Å². The fraction of sp³-hybridized carbons (Fsp3) is 0.393. The first kappa shape index (κ1) is 23.1. The van der Waals surface area contributed by atoms with E-state index in [0.717, 1.165) is 19.3 Å². The van der Waals surface area contributed by atoms with Crippen LogP contribution in [0.4, 0.5) is 4.79 Å². The lowest BCUT2D eigenvalue weighted by atomic mass is 9.98. The van der Waals surface area contributed by atoms with Crippen molar-refractivity contribution in [3.63, 3.8) is 0 Å². The highest BCUT2D eigenvalue weighted by Gasteiger charge is 2.32. The average Bonchev–Trinajstić information content (AvgIpc) is 3.56. The summed E-state index contributed by atoms with van der Waals surface area (Å²) in [7, 11) is 0. The van der Waals surface area contributed by atoms with Gasteiger partial charge in [-0.1, -0.05) is 60.7 Å². The Bertz CT molecular complexity index is 1110. The Kier molecular flexibility index (Phi) is 6.57. The molecule has 0 saturated heterocycles. The average molecular weight is 475 g/mol. The van der Waals surface area contributed by atoms with Crippen LogP contribution < -0.4 is 10.6 Å². The summed E-state index contributed by atoms with van der Waals surface area (Å²) in [5.41, 5.74) is 4.75. The van der Waals surface area contributed by atoms with Crippen molar-refractivity contribution in [2.24, 2.45) is 11.8 Å². The Hall–Kier alpha value is -3.61. The van der Waals surface area contributed by atoms with E-state index in [9.17, 15) is 14.4 Å². The van der Waals surface area contributed by atoms with Crippen molar-refractivity contribution in [2.45, 2.75) is 50.1 Å². The predicted molar refractivity (Wildman–Crippen MR) is 131 cm³/mol. The van der Waals surface area contributed by atoms with Crippen molar-refractivity contribution in [3.8, 4) is 11.1 Å². The summed E-state index contributed by atoms with van der Waals surface area (Å²) in [4.78, 5) is 36.0. The molecule has 7 heteroatoms. The van der Waals surface area contributed by atoms with Gasteiger partial charge in [-0.05, 0) is 53.9 Å². The molecule has 1 saturated carbocycles. The molecule has 35 heavy (non-hydrogen) atoms. The molecule has 3 aliphatic rings. The SMILES string of the molecule is O=C(C[C@H]1CC[C@@H](NC(=O)OCC2c3ccccc3-c3ccccc32)C1)NC1C=CC(C(=O)O)C1. The van der Waals surface area contributed by atoms with Gasteiger partial charge in [0.15, 0.2) is 0 Å². The van der Waals surface area contributed by atoms with E-state index in [1.54, 1.807) is 12.2 Å². The van der Waals surface area contributed by atoms with Gasteiger partial charge in [-0.25, -0.2) is 4.79 Å². The summed E-state index contributed by atoms with van der Waals surface area (Å²) in [6.07, 6.45) is 6.16. The fourth-order valence-electron chi connectivity index (χ4n) is 5.72. The highest BCUT2D eigenvalue weighted by Crippen LogP contribution is 2.44. The van der Waals surface area contributed by atoms with Crippen LogP contribution in [0.3, 0.4) is 0 Å². The number of benzene rings is 2. The molecule has 182 valence electrons. The summed E-state index contributed by atoms with van der Waals surface area (Å²) in [5, 5.41) is 15.0. The first-order chi connectivity index (χ1) is 17.0. The molecule has 0 aromatic heterocycles. The summed E-state index contributed by atoms with van der Waals surface area (Å²) in [6, 6.07) is 16.3. The molecule has 1 fully saturated rings. The van der Waals surface area contributed by atoms with Gasteiger partial charge in [0.05, 0.1) is 5.92 Å². The minimum Gasteiger partial charge on any atom is -0.481 e. The molecule has 0 heterocycles. The van der Waals surface area contributed by atoms with Crippen molar-refractivity contribution < 1.29 is 24.2 Å². The van der Waals surface area contributed by atoms with Crippen molar-refractivity contribution in [3.05, 3.63) is 71.8 Å². The highest BCUT2D eigenvalue weighted by atomic mass is 16.5. The van der Waals surface area contributed by atoms with Crippen LogP contribution in [-0.2, 0) is 14.3 Å². The standard InChI is InChI=1S/C28H30N2O5/c31-26(29-20-12-10-18(15-20)27(32)33)14-17-9-11-19(13-17)30-28(34)35-16-25-23-7-3-1-5-21(23)22-6-2-4-8-24(22)25/h1-8,10,12,17-20,25H,9,11,13-16H2,(H,29,31)(H,30,34)(H,32,33)/t17-,18?,19+,20?/m0/s1. The normalized spacial score (nSPS) is 24.6. The second-order valence-corrected chi connectivity index (χ2v) is 9.79. The van der Waals surface area contributed by atoms with E-state index in [1.807, 2.05) is 24.3 Å². The van der Waals surface area contributed by atoms with E-state index in [-0.39, 0.29) is 36.4 Å². The maximum absolute atomic E-state index is 12.6. The van der Waals surface area contributed by atoms with E-state index in [0.29, 0.717) is 12.8 Å². The third-order valence-corrected chi connectivity index (χ3v) is 7.43. The largest absolute Gasteiger partial charge is 0.481 e. The number of carboxylic acids is 1. The quantitative estimate of drug-likeness (QED) is 0.521. The van der Waals surface area contributed by atoms with Gasteiger partial charge in [-0.2, -0.15) is 0 Å². The molecule has 2 amide bonds. The Morgan fingerprint density at radius 3 is 2.23 bits per heavy atom. The van der Waals surface area contributed by atoms with Gasteiger partial charge in [-0.3, -0.25) is 9.59 Å². The Morgan fingerprint density at radius 2 is 1.57 bits per heavy atom. The topological polar surface area (TPSA) is 105 Å². The van der Waals surface area contributed by atoms with Crippen LogP contribution in [0.1, 0.15) is 49.1 Å². The van der Waals surface area contributed by atoms with Crippen molar-refractivity contribution >= 4 is 18.0 Å². The zero-order valence-corrected chi connectivity index (χ0v) is 19.5. The minimum absolute atomic E-state index is 0.00813. The van der Waals surface area contributed by atoms with Crippen molar-refractivity contribution in [1.82, 2.24) is 10.6 Å². The van der Waals surface area contributed by atoms with E-state index in [2.05, 4.69) is 34.9 Å². The summed E-state index contributed by atoms with van der Waals surface area (Å²) < 4.78 is 5.65. The number of alkyl carbamates (subject to hydrolysis) is 1. The lowest BCUT2D eigenvalue weighted by molar-refractivity contribution is -0.140. The second-order valence-electron chi connectivity index (χ2n) is 9.79. The first-order valence-corrected chi connectivity index (χ1v) is 12.3. The van der Waals surface area contributed by atoms with Crippen LogP contribution in [-0.4, -0.2) is 41.8 Å². The number of carbonyl (C=O) groups excluding carboxylic acids is 2. The van der Waals surface area contributed by atoms with Crippen molar-refractivity contribution in [1.29, 1.82) is 0 Å². The fourth-order valence-corrected chi connectivity index (χ4v) is 5.72. The molecule has 2 unspecified atom stereocenters. The van der Waals surface area contributed by atoms with Gasteiger partial charge in [0.1, 0.15) is 6.61 Å². The van der Waals surface area contributed by atoms with Gasteiger partial charge in [0.25, 0.3) is 0 Å². The highest BCUT2D eigenvalue weighted by molar-refractivity contribution is 5.79. The number of aliphatic carboxylic acids is 1. The smallest absolute Gasteiger partial charge is 0.407 e. The third kappa shape index (κ3) is 5.09. The molecule has 3 N–H and O–H groups in total. The zero-order valence-electron chi connectivity index (χ0n) is 19.5. The molecule has 4 atom stereocenters. The van der Waals surface area contributed by atoms with Crippen LogP contribution in [0.15, 0.2) is 60.7 Å². The second kappa shape index (κ2) is 9.94. The molecule has 0 radical (unpaired) electrons. The maximum Gasteiger partial charge on any atom is 0.407 e.